The monoisotopic (exact) mass is 674 g/mol. The number of aromatic nitrogens is 2. The molecule has 2 saturated heterocycles. The molecule has 0 radical (unpaired) electrons. The van der Waals surface area contributed by atoms with Gasteiger partial charge >= 0.3 is 13.4 Å². The summed E-state index contributed by atoms with van der Waals surface area (Å²) in [5, 5.41) is 15.1. The Morgan fingerprint density at radius 3 is 2.57 bits per heavy atom. The van der Waals surface area contributed by atoms with E-state index in [1.165, 1.54) is 16.8 Å². The predicted octanol–water partition coefficient (Wildman–Crippen LogP) is 2.31. The van der Waals surface area contributed by atoms with Crippen LogP contribution in [0.3, 0.4) is 0 Å². The molecule has 2 aliphatic rings. The fourth-order valence-electron chi connectivity index (χ4n) is 4.60. The van der Waals surface area contributed by atoms with Crippen molar-refractivity contribution in [1.82, 2.24) is 19.5 Å². The van der Waals surface area contributed by atoms with E-state index in [-0.39, 0.29) is 37.5 Å². The van der Waals surface area contributed by atoms with Gasteiger partial charge in [-0.25, -0.2) is 14.0 Å². The van der Waals surface area contributed by atoms with Gasteiger partial charge in [0.15, 0.2) is 0 Å². The first kappa shape index (κ1) is 31.1. The van der Waals surface area contributed by atoms with E-state index in [2.05, 4.69) is 56.0 Å². The molecule has 15 heteroatoms. The number of aliphatic hydroxyl groups is 1. The van der Waals surface area contributed by atoms with Gasteiger partial charge in [0.05, 0.1) is 25.4 Å². The molecule has 2 fully saturated rings. The minimum atomic E-state index is -3.78. The highest BCUT2D eigenvalue weighted by molar-refractivity contribution is 9.09. The van der Waals surface area contributed by atoms with E-state index in [9.17, 15) is 19.3 Å². The molecule has 3 heterocycles. The van der Waals surface area contributed by atoms with Gasteiger partial charge in [0.1, 0.15) is 18.6 Å². The van der Waals surface area contributed by atoms with Crippen molar-refractivity contribution in [3.8, 4) is 0 Å². The minimum absolute atomic E-state index is 0.0826. The van der Waals surface area contributed by atoms with Crippen molar-refractivity contribution in [2.45, 2.75) is 76.3 Å². The highest BCUT2D eigenvalue weighted by Crippen LogP contribution is 2.52. The third-order valence-electron chi connectivity index (χ3n) is 6.18. The maximum absolute atomic E-state index is 14.0. The molecule has 3 rings (SSSR count). The molecule has 2 aliphatic heterocycles. The van der Waals surface area contributed by atoms with Gasteiger partial charge in [-0.05, 0) is 27.2 Å². The number of alkyl halides is 2. The molecule has 212 valence electrons. The van der Waals surface area contributed by atoms with Crippen LogP contribution in [-0.2, 0) is 23.1 Å². The maximum Gasteiger partial charge on any atom is 0.408 e. The summed E-state index contributed by atoms with van der Waals surface area (Å²) < 4.78 is 40.4. The first-order valence-electron chi connectivity index (χ1n) is 12.3. The molecule has 0 saturated carbocycles. The second-order valence-electron chi connectivity index (χ2n) is 9.84. The van der Waals surface area contributed by atoms with Crippen molar-refractivity contribution in [2.75, 3.05) is 37.0 Å². The van der Waals surface area contributed by atoms with Crippen LogP contribution in [-0.4, -0.2) is 86.4 Å². The number of H-pyrrole nitrogens is 1. The summed E-state index contributed by atoms with van der Waals surface area (Å²) >= 11 is 6.79. The largest absolute Gasteiger partial charge is 0.408 e. The summed E-state index contributed by atoms with van der Waals surface area (Å²) in [4.78, 5) is 25.6. The molecule has 0 spiro atoms. The van der Waals surface area contributed by atoms with Crippen LogP contribution in [0, 0.1) is 0 Å². The van der Waals surface area contributed by atoms with E-state index < -0.39 is 37.4 Å². The Morgan fingerprint density at radius 1 is 1.24 bits per heavy atom. The molecule has 3 unspecified atom stereocenters. The van der Waals surface area contributed by atoms with Gasteiger partial charge in [-0.3, -0.25) is 28.7 Å². The van der Waals surface area contributed by atoms with Crippen molar-refractivity contribution < 1.29 is 28.2 Å². The van der Waals surface area contributed by atoms with E-state index in [4.69, 9.17) is 18.5 Å². The molecular formula is C22H37Br2N4O8P. The van der Waals surface area contributed by atoms with Crippen molar-refractivity contribution in [2.24, 2.45) is 0 Å². The normalized spacial score (nSPS) is 29.4. The molecule has 0 aromatic carbocycles. The van der Waals surface area contributed by atoms with Crippen molar-refractivity contribution in [1.29, 1.82) is 0 Å². The summed E-state index contributed by atoms with van der Waals surface area (Å²) in [6.07, 6.45) is -0.000315. The van der Waals surface area contributed by atoms with Gasteiger partial charge in [-0.2, -0.15) is 0 Å². The van der Waals surface area contributed by atoms with E-state index in [1.807, 2.05) is 6.92 Å². The van der Waals surface area contributed by atoms with E-state index in [1.54, 1.807) is 4.67 Å². The lowest BCUT2D eigenvalue weighted by Gasteiger charge is -2.41. The zero-order valence-electron chi connectivity index (χ0n) is 21.3. The maximum atomic E-state index is 14.0. The Hall–Kier alpha value is -0.410. The van der Waals surface area contributed by atoms with Crippen molar-refractivity contribution in [3.63, 3.8) is 0 Å². The number of nitrogens with zero attached hydrogens (tertiary/aromatic N) is 2. The summed E-state index contributed by atoms with van der Waals surface area (Å²) in [5.74, 6) is 0. The third kappa shape index (κ3) is 8.79. The molecule has 1 aromatic rings. The van der Waals surface area contributed by atoms with Gasteiger partial charge in [0, 0.05) is 54.4 Å². The van der Waals surface area contributed by atoms with Crippen LogP contribution in [0.15, 0.2) is 21.9 Å². The first-order valence-corrected chi connectivity index (χ1v) is 16.0. The number of hydrogen-bond donors (Lipinski definition) is 3. The number of hydrogen-bond acceptors (Lipinski definition) is 9. The number of halogens is 2. The van der Waals surface area contributed by atoms with Crippen LogP contribution < -0.4 is 16.6 Å². The van der Waals surface area contributed by atoms with Crippen LogP contribution in [0.1, 0.15) is 46.3 Å². The standard InChI is InChI=1S/C22H37Br2N4O8P/c1-15-13-22(2,3)26-19(35-15)5-11-33-37(32,27(9-6-23)10-7-24)34-14-17-16(29)12-20(36-17)28-8-4-18(30)25-21(28)31/h4,8,15-17,19-20,26,29H,5-7,9-14H2,1-3H3,(H,25,30,31)/t15?,16-,17+,19?,20+,37?/m0/s1. The van der Waals surface area contributed by atoms with Crippen molar-refractivity contribution >= 4 is 39.6 Å². The van der Waals surface area contributed by atoms with Crippen LogP contribution in [0.4, 0.5) is 0 Å². The summed E-state index contributed by atoms with van der Waals surface area (Å²) in [6, 6.07) is 1.20. The van der Waals surface area contributed by atoms with Crippen LogP contribution in [0.25, 0.3) is 0 Å². The predicted molar refractivity (Wildman–Crippen MR) is 145 cm³/mol. The quantitative estimate of drug-likeness (QED) is 0.211. The Bertz CT molecular complexity index is 1030. The number of aliphatic hydroxyl groups excluding tert-OH is 1. The fourth-order valence-corrected chi connectivity index (χ4v) is 7.77. The van der Waals surface area contributed by atoms with E-state index in [0.717, 1.165) is 6.42 Å². The first-order chi connectivity index (χ1) is 17.5. The summed E-state index contributed by atoms with van der Waals surface area (Å²) in [7, 11) is -3.78. The average Bonchev–Trinajstić information content (AvgIpc) is 3.16. The lowest BCUT2D eigenvalue weighted by molar-refractivity contribution is -0.0943. The molecule has 1 aromatic heterocycles. The molecule has 0 aliphatic carbocycles. The smallest absolute Gasteiger partial charge is 0.390 e. The highest BCUT2D eigenvalue weighted by Gasteiger charge is 2.40. The Kier molecular flexibility index (Phi) is 11.6. The zero-order chi connectivity index (χ0) is 27.2. The third-order valence-corrected chi connectivity index (χ3v) is 8.97. The summed E-state index contributed by atoms with van der Waals surface area (Å²) in [6.45, 7) is 6.99. The number of nitrogens with one attached hydrogen (secondary N) is 2. The van der Waals surface area contributed by atoms with E-state index in [0.29, 0.717) is 30.2 Å². The van der Waals surface area contributed by atoms with Crippen molar-refractivity contribution in [3.05, 3.63) is 33.1 Å². The number of ether oxygens (including phenoxy) is 2. The van der Waals surface area contributed by atoms with Gasteiger partial charge in [-0.1, -0.05) is 31.9 Å². The second kappa shape index (κ2) is 13.8. The molecule has 37 heavy (non-hydrogen) atoms. The zero-order valence-corrected chi connectivity index (χ0v) is 25.4. The van der Waals surface area contributed by atoms with E-state index >= 15 is 0 Å². The Balaban J connectivity index is 1.65. The van der Waals surface area contributed by atoms with Gasteiger partial charge in [0.25, 0.3) is 5.56 Å². The van der Waals surface area contributed by atoms with Gasteiger partial charge in [0.2, 0.25) is 0 Å². The molecule has 12 nitrogen and oxygen atoms in total. The average molecular weight is 676 g/mol. The number of rotatable bonds is 13. The molecule has 0 bridgehead atoms. The number of aromatic amines is 1. The molecule has 0 amide bonds. The summed E-state index contributed by atoms with van der Waals surface area (Å²) in [5.41, 5.74) is -1.25. The van der Waals surface area contributed by atoms with Gasteiger partial charge in [-0.15, -0.1) is 0 Å². The lowest BCUT2D eigenvalue weighted by atomic mass is 9.95. The fraction of sp³-hybridized carbons (Fsp3) is 0.818. The topological polar surface area (TPSA) is 144 Å². The lowest BCUT2D eigenvalue weighted by Crippen LogP contribution is -2.55. The van der Waals surface area contributed by atoms with Gasteiger partial charge < -0.3 is 14.6 Å². The SMILES string of the molecule is CC1CC(C)(C)NC(CCOP(=O)(OC[C@H]2O[C@@H](n3ccc(=O)[nH]c3=O)C[C@@H]2O)N(CCBr)CCBr)O1. The Morgan fingerprint density at radius 2 is 1.95 bits per heavy atom. The molecule has 6 atom stereocenters. The minimum Gasteiger partial charge on any atom is -0.390 e. The second-order valence-corrected chi connectivity index (χ2v) is 13.4. The highest BCUT2D eigenvalue weighted by atomic mass is 79.9. The Labute approximate surface area is 233 Å². The molecule has 3 N–H and O–H groups in total. The van der Waals surface area contributed by atoms with Crippen LogP contribution in [0.5, 0.6) is 0 Å². The van der Waals surface area contributed by atoms with Crippen LogP contribution >= 0.6 is 39.6 Å². The molecular weight excluding hydrogens is 639 g/mol. The van der Waals surface area contributed by atoms with Crippen LogP contribution in [0.2, 0.25) is 0 Å².